The maximum Gasteiger partial charge on any atom is 0.265 e. The van der Waals surface area contributed by atoms with E-state index in [-0.39, 0.29) is 11.8 Å². The summed E-state index contributed by atoms with van der Waals surface area (Å²) in [5.41, 5.74) is 1.48. The zero-order valence-electron chi connectivity index (χ0n) is 11.3. The minimum absolute atomic E-state index is 0.0905. The minimum Gasteiger partial charge on any atom is -0.320 e. The third-order valence-electron chi connectivity index (χ3n) is 2.69. The quantitative estimate of drug-likeness (QED) is 0.908. The van der Waals surface area contributed by atoms with Crippen LogP contribution in [0.4, 0.5) is 11.5 Å². The molecule has 0 atom stereocenters. The second-order valence-corrected chi connectivity index (χ2v) is 5.17. The van der Waals surface area contributed by atoms with Crippen LogP contribution in [0.1, 0.15) is 28.6 Å². The molecule has 2 heterocycles. The molecule has 6 heteroatoms. The van der Waals surface area contributed by atoms with E-state index in [9.17, 15) is 9.59 Å². The fourth-order valence-corrected chi connectivity index (χ4v) is 2.20. The lowest BCUT2D eigenvalue weighted by Gasteiger charge is -2.09. The molecule has 2 aromatic rings. The van der Waals surface area contributed by atoms with Crippen molar-refractivity contribution in [3.8, 4) is 0 Å². The molecule has 0 radical (unpaired) electrons. The van der Waals surface area contributed by atoms with E-state index in [1.54, 1.807) is 25.3 Å². The van der Waals surface area contributed by atoms with Crippen LogP contribution in [0.3, 0.4) is 0 Å². The van der Waals surface area contributed by atoms with Crippen LogP contribution in [-0.4, -0.2) is 16.8 Å². The zero-order valence-corrected chi connectivity index (χ0v) is 12.1. The molecular formula is C14H15N3O2S. The Morgan fingerprint density at radius 2 is 2.15 bits per heavy atom. The van der Waals surface area contributed by atoms with Crippen LogP contribution in [0.2, 0.25) is 0 Å². The van der Waals surface area contributed by atoms with Crippen LogP contribution in [0.15, 0.2) is 29.8 Å². The van der Waals surface area contributed by atoms with Gasteiger partial charge in [-0.3, -0.25) is 9.59 Å². The Morgan fingerprint density at radius 1 is 1.35 bits per heavy atom. The molecule has 0 saturated heterocycles. The highest BCUT2D eigenvalue weighted by Gasteiger charge is 2.10. The first-order valence-corrected chi connectivity index (χ1v) is 7.09. The highest BCUT2D eigenvalue weighted by molar-refractivity contribution is 7.12. The summed E-state index contributed by atoms with van der Waals surface area (Å²) in [6.45, 7) is 3.63. The van der Waals surface area contributed by atoms with E-state index in [0.29, 0.717) is 22.8 Å². The molecule has 5 nitrogen and oxygen atoms in total. The number of pyridine rings is 1. The van der Waals surface area contributed by atoms with Crippen molar-refractivity contribution < 1.29 is 9.59 Å². The molecule has 2 aromatic heterocycles. The largest absolute Gasteiger partial charge is 0.320 e. The van der Waals surface area contributed by atoms with Crippen LogP contribution in [0.5, 0.6) is 0 Å². The smallest absolute Gasteiger partial charge is 0.265 e. The maximum atomic E-state index is 11.9. The van der Waals surface area contributed by atoms with Crippen molar-refractivity contribution in [2.24, 2.45) is 0 Å². The molecule has 0 fully saturated rings. The van der Waals surface area contributed by atoms with Gasteiger partial charge in [0.25, 0.3) is 5.91 Å². The van der Waals surface area contributed by atoms with Crippen LogP contribution in [0, 0.1) is 6.92 Å². The molecule has 2 N–H and O–H groups in total. The van der Waals surface area contributed by atoms with Crippen molar-refractivity contribution in [1.29, 1.82) is 0 Å². The predicted molar refractivity (Wildman–Crippen MR) is 80.2 cm³/mol. The Labute approximate surface area is 121 Å². The first-order valence-electron chi connectivity index (χ1n) is 6.21. The van der Waals surface area contributed by atoms with Gasteiger partial charge in [-0.2, -0.15) is 0 Å². The van der Waals surface area contributed by atoms with Crippen molar-refractivity contribution in [3.05, 3.63) is 40.2 Å². The average Bonchev–Trinajstić information content (AvgIpc) is 2.95. The molecule has 104 valence electrons. The van der Waals surface area contributed by atoms with Crippen molar-refractivity contribution in [1.82, 2.24) is 4.98 Å². The van der Waals surface area contributed by atoms with Crippen molar-refractivity contribution in [2.75, 3.05) is 10.6 Å². The summed E-state index contributed by atoms with van der Waals surface area (Å²) in [5, 5.41) is 7.33. The standard InChI is InChI=1S/C14H15N3O2S/c1-3-13(18)17-12-7-9(2)10(8-15-12)16-14(19)11-5-4-6-20-11/h4-8H,3H2,1-2H3,(H,16,19)(H,15,17,18). The molecule has 0 aromatic carbocycles. The Balaban J connectivity index is 2.10. The number of anilines is 2. The van der Waals surface area contributed by atoms with Crippen molar-refractivity contribution >= 4 is 34.7 Å². The molecule has 0 bridgehead atoms. The summed E-state index contributed by atoms with van der Waals surface area (Å²) < 4.78 is 0. The van der Waals surface area contributed by atoms with Gasteiger partial charge < -0.3 is 10.6 Å². The van der Waals surface area contributed by atoms with E-state index < -0.39 is 0 Å². The number of nitrogens with one attached hydrogen (secondary N) is 2. The van der Waals surface area contributed by atoms with Crippen LogP contribution in [-0.2, 0) is 4.79 Å². The number of rotatable bonds is 4. The summed E-state index contributed by atoms with van der Waals surface area (Å²) >= 11 is 1.38. The summed E-state index contributed by atoms with van der Waals surface area (Å²) in [4.78, 5) is 28.0. The van der Waals surface area contributed by atoms with E-state index in [4.69, 9.17) is 0 Å². The number of nitrogens with zero attached hydrogens (tertiary/aromatic N) is 1. The van der Waals surface area contributed by atoms with E-state index in [1.807, 2.05) is 18.4 Å². The predicted octanol–water partition coefficient (Wildman–Crippen LogP) is 3.05. The zero-order chi connectivity index (χ0) is 14.5. The molecule has 0 saturated carbocycles. The maximum absolute atomic E-state index is 11.9. The summed E-state index contributed by atoms with van der Waals surface area (Å²) in [6.07, 6.45) is 1.95. The first-order chi connectivity index (χ1) is 9.60. The SMILES string of the molecule is CCC(=O)Nc1cc(C)c(NC(=O)c2cccs2)cn1. The lowest BCUT2D eigenvalue weighted by molar-refractivity contribution is -0.115. The summed E-state index contributed by atoms with van der Waals surface area (Å²) in [6, 6.07) is 5.32. The monoisotopic (exact) mass is 289 g/mol. The number of hydrogen-bond donors (Lipinski definition) is 2. The van der Waals surface area contributed by atoms with E-state index >= 15 is 0 Å². The van der Waals surface area contributed by atoms with Gasteiger partial charge in [-0.15, -0.1) is 11.3 Å². The molecule has 2 rings (SSSR count). The fraction of sp³-hybridized carbons (Fsp3) is 0.214. The summed E-state index contributed by atoms with van der Waals surface area (Å²) in [5.74, 6) is 0.242. The first kappa shape index (κ1) is 14.2. The molecule has 0 aliphatic carbocycles. The van der Waals surface area contributed by atoms with Gasteiger partial charge in [0.2, 0.25) is 5.91 Å². The lowest BCUT2D eigenvalue weighted by atomic mass is 10.2. The van der Waals surface area contributed by atoms with E-state index in [2.05, 4.69) is 15.6 Å². The highest BCUT2D eigenvalue weighted by atomic mass is 32.1. The van der Waals surface area contributed by atoms with Gasteiger partial charge in [-0.1, -0.05) is 13.0 Å². The van der Waals surface area contributed by atoms with Gasteiger partial charge in [-0.05, 0) is 30.0 Å². The number of aromatic nitrogens is 1. The minimum atomic E-state index is -0.157. The van der Waals surface area contributed by atoms with Gasteiger partial charge in [0.15, 0.2) is 0 Å². The molecular weight excluding hydrogens is 274 g/mol. The number of hydrogen-bond acceptors (Lipinski definition) is 4. The van der Waals surface area contributed by atoms with Crippen LogP contribution >= 0.6 is 11.3 Å². The third kappa shape index (κ3) is 3.42. The second kappa shape index (κ2) is 6.29. The van der Waals surface area contributed by atoms with Crippen molar-refractivity contribution in [3.63, 3.8) is 0 Å². The van der Waals surface area contributed by atoms with E-state index in [1.165, 1.54) is 11.3 Å². The average molecular weight is 289 g/mol. The molecule has 0 unspecified atom stereocenters. The van der Waals surface area contributed by atoms with Gasteiger partial charge in [0.1, 0.15) is 5.82 Å². The van der Waals surface area contributed by atoms with Crippen molar-refractivity contribution in [2.45, 2.75) is 20.3 Å². The number of thiophene rings is 1. The molecule has 0 aliphatic heterocycles. The van der Waals surface area contributed by atoms with Crippen LogP contribution in [0.25, 0.3) is 0 Å². The molecule has 0 aliphatic rings. The number of carbonyl (C=O) groups excluding carboxylic acids is 2. The van der Waals surface area contributed by atoms with Gasteiger partial charge in [0, 0.05) is 6.42 Å². The van der Waals surface area contributed by atoms with Gasteiger partial charge >= 0.3 is 0 Å². The fourth-order valence-electron chi connectivity index (χ4n) is 1.58. The topological polar surface area (TPSA) is 71.1 Å². The van der Waals surface area contributed by atoms with E-state index in [0.717, 1.165) is 5.56 Å². The molecule has 20 heavy (non-hydrogen) atoms. The number of amides is 2. The Morgan fingerprint density at radius 3 is 2.75 bits per heavy atom. The normalized spacial score (nSPS) is 10.1. The molecule has 0 spiro atoms. The number of aryl methyl sites for hydroxylation is 1. The third-order valence-corrected chi connectivity index (χ3v) is 3.56. The van der Waals surface area contributed by atoms with Gasteiger partial charge in [0.05, 0.1) is 16.8 Å². The van der Waals surface area contributed by atoms with Crippen LogP contribution < -0.4 is 10.6 Å². The summed E-state index contributed by atoms with van der Waals surface area (Å²) in [7, 11) is 0. The Hall–Kier alpha value is -2.21. The highest BCUT2D eigenvalue weighted by Crippen LogP contribution is 2.19. The Kier molecular flexibility index (Phi) is 4.47. The molecule has 2 amide bonds. The van der Waals surface area contributed by atoms with Gasteiger partial charge in [-0.25, -0.2) is 4.98 Å². The Bertz CT molecular complexity index is 623. The second-order valence-electron chi connectivity index (χ2n) is 4.22. The lowest BCUT2D eigenvalue weighted by Crippen LogP contribution is -2.13. The number of carbonyl (C=O) groups is 2.